The minimum absolute atomic E-state index is 0.0226. The summed E-state index contributed by atoms with van der Waals surface area (Å²) in [6.07, 6.45) is 1.58. The molecule has 86 valence electrons. The van der Waals surface area contributed by atoms with Gasteiger partial charge in [0.15, 0.2) is 0 Å². The second kappa shape index (κ2) is 4.14. The fourth-order valence-electron chi connectivity index (χ4n) is 1.62. The van der Waals surface area contributed by atoms with Crippen LogP contribution in [0.4, 0.5) is 0 Å². The maximum Gasteiger partial charge on any atom is 0.233 e. The number of nitrogens with two attached hydrogens (primary N) is 1. The van der Waals surface area contributed by atoms with Crippen LogP contribution >= 0.6 is 23.6 Å². The first-order chi connectivity index (χ1) is 7.56. The lowest BCUT2D eigenvalue weighted by Gasteiger charge is -2.13. The van der Waals surface area contributed by atoms with Crippen LogP contribution in [0, 0.1) is 12.3 Å². The molecule has 16 heavy (non-hydrogen) atoms. The maximum absolute atomic E-state index is 11.9. The number of hydrogen-bond donors (Lipinski definition) is 2. The van der Waals surface area contributed by atoms with Crippen molar-refractivity contribution in [1.82, 2.24) is 5.32 Å². The van der Waals surface area contributed by atoms with Crippen LogP contribution in [-0.2, 0) is 11.3 Å². The summed E-state index contributed by atoms with van der Waals surface area (Å²) in [6, 6.07) is 0. The minimum Gasteiger partial charge on any atom is -0.392 e. The molecule has 1 aliphatic carbocycles. The van der Waals surface area contributed by atoms with E-state index < -0.39 is 5.41 Å². The van der Waals surface area contributed by atoms with Crippen LogP contribution in [0.3, 0.4) is 0 Å². The Hall–Kier alpha value is -0.940. The molecule has 3 N–H and O–H groups in total. The molecule has 5 heteroatoms. The summed E-state index contributed by atoms with van der Waals surface area (Å²) in [5.41, 5.74) is 7.42. The fraction of sp³-hybridized carbons (Fsp3) is 0.455. The molecule has 1 amide bonds. The molecule has 1 saturated carbocycles. The van der Waals surface area contributed by atoms with Crippen LogP contribution in [0.1, 0.15) is 24.0 Å². The van der Waals surface area contributed by atoms with Crippen molar-refractivity contribution in [3.05, 3.63) is 21.9 Å². The molecule has 1 aliphatic rings. The number of thiocarbonyl (C=S) groups is 1. The topological polar surface area (TPSA) is 55.1 Å². The molecule has 0 bridgehead atoms. The highest BCUT2D eigenvalue weighted by molar-refractivity contribution is 7.80. The first kappa shape index (κ1) is 11.5. The molecule has 0 radical (unpaired) electrons. The summed E-state index contributed by atoms with van der Waals surface area (Å²) in [6.45, 7) is 2.61. The number of aryl methyl sites for hydroxylation is 1. The second-order valence-corrected chi connectivity index (χ2v) is 5.39. The third-order valence-corrected chi connectivity index (χ3v) is 4.36. The zero-order valence-electron chi connectivity index (χ0n) is 9.08. The fourth-order valence-corrected chi connectivity index (χ4v) is 2.78. The van der Waals surface area contributed by atoms with Crippen LogP contribution < -0.4 is 11.1 Å². The number of hydrogen-bond acceptors (Lipinski definition) is 3. The van der Waals surface area contributed by atoms with Gasteiger partial charge in [-0.15, -0.1) is 0 Å². The van der Waals surface area contributed by atoms with E-state index in [0.29, 0.717) is 11.5 Å². The predicted molar refractivity (Wildman–Crippen MR) is 69.4 cm³/mol. The van der Waals surface area contributed by atoms with Crippen molar-refractivity contribution in [2.24, 2.45) is 11.1 Å². The average Bonchev–Trinajstić information content (AvgIpc) is 2.95. The van der Waals surface area contributed by atoms with Gasteiger partial charge in [0.25, 0.3) is 0 Å². The molecule has 0 atom stereocenters. The Morgan fingerprint density at radius 2 is 2.31 bits per heavy atom. The van der Waals surface area contributed by atoms with Crippen LogP contribution in [0.2, 0.25) is 0 Å². The number of rotatable bonds is 4. The quantitative estimate of drug-likeness (QED) is 0.805. The SMILES string of the molecule is Cc1cscc1CNC(=O)C1(C(N)=S)CC1. The van der Waals surface area contributed by atoms with Crippen molar-refractivity contribution in [3.63, 3.8) is 0 Å². The van der Waals surface area contributed by atoms with E-state index in [4.69, 9.17) is 18.0 Å². The molecule has 1 aromatic rings. The summed E-state index contributed by atoms with van der Waals surface area (Å²) in [7, 11) is 0. The standard InChI is InChI=1S/C11H14N2OS2/c1-7-5-16-6-8(7)4-13-10(14)11(2-3-11)9(12)15/h5-6H,2-4H2,1H3,(H2,12,15)(H,13,14). The van der Waals surface area contributed by atoms with E-state index in [1.807, 2.05) is 6.92 Å². The zero-order valence-corrected chi connectivity index (χ0v) is 10.7. The van der Waals surface area contributed by atoms with E-state index in [9.17, 15) is 4.79 Å². The monoisotopic (exact) mass is 254 g/mol. The highest BCUT2D eigenvalue weighted by atomic mass is 32.1. The first-order valence-electron chi connectivity index (χ1n) is 5.16. The molecule has 0 saturated heterocycles. The minimum atomic E-state index is -0.542. The Balaban J connectivity index is 1.95. The second-order valence-electron chi connectivity index (χ2n) is 4.21. The largest absolute Gasteiger partial charge is 0.392 e. The van der Waals surface area contributed by atoms with Gasteiger partial charge in [0.1, 0.15) is 0 Å². The molecule has 0 unspecified atom stereocenters. The van der Waals surface area contributed by atoms with Crippen LogP contribution in [-0.4, -0.2) is 10.9 Å². The van der Waals surface area contributed by atoms with E-state index in [-0.39, 0.29) is 5.91 Å². The van der Waals surface area contributed by atoms with E-state index in [1.165, 1.54) is 5.56 Å². The number of nitrogens with one attached hydrogen (secondary N) is 1. The summed E-state index contributed by atoms with van der Waals surface area (Å²) in [4.78, 5) is 12.2. The lowest BCUT2D eigenvalue weighted by atomic mass is 10.1. The van der Waals surface area contributed by atoms with E-state index in [1.54, 1.807) is 11.3 Å². The van der Waals surface area contributed by atoms with Gasteiger partial charge in [0.2, 0.25) is 5.91 Å². The Labute approximate surface area is 104 Å². The van der Waals surface area contributed by atoms with E-state index in [2.05, 4.69) is 16.1 Å². The van der Waals surface area contributed by atoms with Gasteiger partial charge in [-0.1, -0.05) is 12.2 Å². The van der Waals surface area contributed by atoms with Crippen LogP contribution in [0.15, 0.2) is 10.8 Å². The molecular formula is C11H14N2OS2. The molecular weight excluding hydrogens is 240 g/mol. The number of amides is 1. The van der Waals surface area contributed by atoms with Gasteiger partial charge in [-0.25, -0.2) is 0 Å². The lowest BCUT2D eigenvalue weighted by molar-refractivity contribution is -0.124. The maximum atomic E-state index is 11.9. The third kappa shape index (κ3) is 1.97. The summed E-state index contributed by atoms with van der Waals surface area (Å²) in [5, 5.41) is 7.03. The van der Waals surface area contributed by atoms with Crippen molar-refractivity contribution in [3.8, 4) is 0 Å². The molecule has 0 aromatic carbocycles. The average molecular weight is 254 g/mol. The van der Waals surface area contributed by atoms with Crippen molar-refractivity contribution in [2.75, 3.05) is 0 Å². The van der Waals surface area contributed by atoms with Crippen LogP contribution in [0.5, 0.6) is 0 Å². The third-order valence-electron chi connectivity index (χ3n) is 3.06. The van der Waals surface area contributed by atoms with Crippen LogP contribution in [0.25, 0.3) is 0 Å². The van der Waals surface area contributed by atoms with Crippen molar-refractivity contribution < 1.29 is 4.79 Å². The molecule has 0 aliphatic heterocycles. The zero-order chi connectivity index (χ0) is 11.8. The van der Waals surface area contributed by atoms with Crippen molar-refractivity contribution >= 4 is 34.5 Å². The van der Waals surface area contributed by atoms with Gasteiger partial charge in [-0.2, -0.15) is 11.3 Å². The highest BCUT2D eigenvalue weighted by Gasteiger charge is 2.52. The number of thiophene rings is 1. The van der Waals surface area contributed by atoms with Gasteiger partial charge in [0.05, 0.1) is 10.4 Å². The molecule has 1 heterocycles. The molecule has 1 fully saturated rings. The van der Waals surface area contributed by atoms with Gasteiger partial charge in [0, 0.05) is 6.54 Å². The Bertz CT molecular complexity index is 435. The summed E-state index contributed by atoms with van der Waals surface area (Å²) >= 11 is 6.57. The lowest BCUT2D eigenvalue weighted by Crippen LogP contribution is -2.39. The van der Waals surface area contributed by atoms with E-state index in [0.717, 1.165) is 18.4 Å². The Morgan fingerprint density at radius 1 is 1.62 bits per heavy atom. The van der Waals surface area contributed by atoms with Gasteiger partial charge < -0.3 is 11.1 Å². The van der Waals surface area contributed by atoms with Gasteiger partial charge in [-0.3, -0.25) is 4.79 Å². The predicted octanol–water partition coefficient (Wildman–Crippen LogP) is 1.74. The van der Waals surface area contributed by atoms with E-state index >= 15 is 0 Å². The molecule has 1 aromatic heterocycles. The van der Waals surface area contributed by atoms with Gasteiger partial charge >= 0.3 is 0 Å². The first-order valence-corrected chi connectivity index (χ1v) is 6.51. The summed E-state index contributed by atoms with van der Waals surface area (Å²) in [5.74, 6) is -0.0226. The van der Waals surface area contributed by atoms with Gasteiger partial charge in [-0.05, 0) is 41.7 Å². The normalized spacial score (nSPS) is 16.8. The summed E-state index contributed by atoms with van der Waals surface area (Å²) < 4.78 is 0. The van der Waals surface area contributed by atoms with Crippen molar-refractivity contribution in [2.45, 2.75) is 26.3 Å². The molecule has 3 nitrogen and oxygen atoms in total. The Morgan fingerprint density at radius 3 is 2.75 bits per heavy atom. The molecule has 0 spiro atoms. The smallest absolute Gasteiger partial charge is 0.233 e. The Kier molecular flexibility index (Phi) is 2.99. The number of carbonyl (C=O) groups excluding carboxylic acids is 1. The molecule has 2 rings (SSSR count). The van der Waals surface area contributed by atoms with Crippen molar-refractivity contribution in [1.29, 1.82) is 0 Å². The highest BCUT2D eigenvalue weighted by Crippen LogP contribution is 2.46. The number of carbonyl (C=O) groups is 1.